The van der Waals surface area contributed by atoms with Crippen molar-refractivity contribution in [2.24, 2.45) is 0 Å². The second-order valence-corrected chi connectivity index (χ2v) is 7.56. The van der Waals surface area contributed by atoms with Crippen LogP contribution < -0.4 is 20.0 Å². The van der Waals surface area contributed by atoms with Crippen LogP contribution in [0.25, 0.3) is 0 Å². The Balaban J connectivity index is 1.46. The number of halogens is 2. The first-order valence-corrected chi connectivity index (χ1v) is 10.2. The van der Waals surface area contributed by atoms with Crippen molar-refractivity contribution in [3.63, 3.8) is 0 Å². The summed E-state index contributed by atoms with van der Waals surface area (Å²) in [7, 11) is 1.43. The number of rotatable bonds is 5. The van der Waals surface area contributed by atoms with Gasteiger partial charge in [0.1, 0.15) is 17.7 Å². The fourth-order valence-electron chi connectivity index (χ4n) is 3.61. The smallest absolute Gasteiger partial charge is 0.414 e. The molecular formula is C21H20F2N4O4S. The number of urea groups is 1. The van der Waals surface area contributed by atoms with Crippen molar-refractivity contribution in [3.8, 4) is 0 Å². The van der Waals surface area contributed by atoms with Gasteiger partial charge in [0.2, 0.25) is 0 Å². The first kappa shape index (κ1) is 21.8. The van der Waals surface area contributed by atoms with Gasteiger partial charge in [-0.2, -0.15) is 0 Å². The summed E-state index contributed by atoms with van der Waals surface area (Å²) < 4.78 is 38.2. The van der Waals surface area contributed by atoms with Crippen LogP contribution in [-0.4, -0.2) is 56.7 Å². The van der Waals surface area contributed by atoms with Crippen molar-refractivity contribution >= 4 is 46.6 Å². The molecule has 0 bridgehead atoms. The summed E-state index contributed by atoms with van der Waals surface area (Å²) in [5.74, 6) is -1.05. The fraction of sp³-hybridized carbons (Fsp3) is 0.286. The standard InChI is InChI=1S/C21H20F2N4O4S/c1-30-19(32)24-11-16-12-27(21(29)31-16)15-6-7-18(17(23)10-15)26-9-8-25(20(26)28)14-4-2-13(22)3-5-14/h2-7,10,16H,8-9,11-12H2,1H3,(H,24,32)/t16-/m0/s1. The highest BCUT2D eigenvalue weighted by Crippen LogP contribution is 2.31. The molecule has 3 amide bonds. The Morgan fingerprint density at radius 2 is 1.78 bits per heavy atom. The van der Waals surface area contributed by atoms with Crippen LogP contribution >= 0.6 is 12.2 Å². The molecule has 0 aliphatic carbocycles. The van der Waals surface area contributed by atoms with Crippen LogP contribution in [0, 0.1) is 11.6 Å². The molecule has 0 aromatic heterocycles. The molecule has 0 spiro atoms. The third-order valence-corrected chi connectivity index (χ3v) is 5.53. The topological polar surface area (TPSA) is 74.4 Å². The summed E-state index contributed by atoms with van der Waals surface area (Å²) in [6, 6.07) is 9.32. The molecule has 2 saturated heterocycles. The minimum atomic E-state index is -0.647. The number of carbonyl (C=O) groups excluding carboxylic acids is 2. The van der Waals surface area contributed by atoms with E-state index >= 15 is 0 Å². The predicted molar refractivity (Wildman–Crippen MR) is 118 cm³/mol. The fourth-order valence-corrected chi connectivity index (χ4v) is 3.70. The van der Waals surface area contributed by atoms with Crippen LogP contribution in [-0.2, 0) is 9.47 Å². The minimum absolute atomic E-state index is 0.0968. The monoisotopic (exact) mass is 462 g/mol. The molecule has 0 unspecified atom stereocenters. The summed E-state index contributed by atoms with van der Waals surface area (Å²) in [5.41, 5.74) is 0.943. The number of nitrogens with one attached hydrogen (secondary N) is 1. The lowest BCUT2D eigenvalue weighted by molar-refractivity contribution is 0.142. The maximum atomic E-state index is 14.9. The van der Waals surface area contributed by atoms with Gasteiger partial charge in [0.05, 0.1) is 31.6 Å². The molecule has 0 radical (unpaired) electrons. The second-order valence-electron chi connectivity index (χ2n) is 7.19. The number of hydrogen-bond donors (Lipinski definition) is 1. The summed E-state index contributed by atoms with van der Waals surface area (Å²) in [6.45, 7) is 1.07. The van der Waals surface area contributed by atoms with Crippen LogP contribution in [0.4, 0.5) is 35.4 Å². The zero-order valence-electron chi connectivity index (χ0n) is 17.1. The van der Waals surface area contributed by atoms with Crippen LogP contribution in [0.3, 0.4) is 0 Å². The third-order valence-electron chi connectivity index (χ3n) is 5.21. The average Bonchev–Trinajstić information content (AvgIpc) is 3.35. The van der Waals surface area contributed by atoms with E-state index in [0.29, 0.717) is 17.9 Å². The molecule has 168 valence electrons. The van der Waals surface area contributed by atoms with E-state index < -0.39 is 29.9 Å². The summed E-state index contributed by atoms with van der Waals surface area (Å²) in [6.07, 6.45) is -1.09. The van der Waals surface area contributed by atoms with Crippen LogP contribution in [0.1, 0.15) is 0 Å². The molecule has 2 aliphatic heterocycles. The van der Waals surface area contributed by atoms with E-state index in [9.17, 15) is 18.4 Å². The molecule has 1 N–H and O–H groups in total. The molecule has 0 saturated carbocycles. The lowest BCUT2D eigenvalue weighted by Gasteiger charge is -2.20. The van der Waals surface area contributed by atoms with E-state index in [0.717, 1.165) is 0 Å². The van der Waals surface area contributed by atoms with Gasteiger partial charge in [0, 0.05) is 18.8 Å². The number of thiocarbonyl (C=S) groups is 1. The van der Waals surface area contributed by atoms with Gasteiger partial charge in [-0.05, 0) is 54.7 Å². The Kier molecular flexibility index (Phi) is 6.08. The number of anilines is 3. The number of amides is 3. The largest absolute Gasteiger partial charge is 0.474 e. The van der Waals surface area contributed by atoms with Gasteiger partial charge in [-0.3, -0.25) is 14.7 Å². The molecule has 2 fully saturated rings. The average molecular weight is 462 g/mol. The van der Waals surface area contributed by atoms with E-state index in [1.165, 1.54) is 58.2 Å². The summed E-state index contributed by atoms with van der Waals surface area (Å²) in [5, 5.41) is 2.99. The highest BCUT2D eigenvalue weighted by molar-refractivity contribution is 7.80. The lowest BCUT2D eigenvalue weighted by atomic mass is 10.2. The van der Waals surface area contributed by atoms with E-state index in [4.69, 9.17) is 21.7 Å². The lowest BCUT2D eigenvalue weighted by Crippen LogP contribution is -2.34. The van der Waals surface area contributed by atoms with E-state index in [1.54, 1.807) is 6.07 Å². The van der Waals surface area contributed by atoms with Gasteiger partial charge in [-0.1, -0.05) is 0 Å². The maximum Gasteiger partial charge on any atom is 0.414 e. The number of carbonyl (C=O) groups is 2. The zero-order chi connectivity index (χ0) is 22.8. The molecular weight excluding hydrogens is 442 g/mol. The van der Waals surface area contributed by atoms with E-state index in [1.807, 2.05) is 0 Å². The van der Waals surface area contributed by atoms with Crippen LogP contribution in [0.15, 0.2) is 42.5 Å². The molecule has 2 heterocycles. The Morgan fingerprint density at radius 1 is 1.09 bits per heavy atom. The Morgan fingerprint density at radius 3 is 2.47 bits per heavy atom. The Bertz CT molecular complexity index is 1050. The van der Waals surface area contributed by atoms with Crippen molar-refractivity contribution in [2.75, 3.05) is 48.0 Å². The number of cyclic esters (lactones) is 1. The summed E-state index contributed by atoms with van der Waals surface area (Å²) >= 11 is 4.89. The number of hydrogen-bond acceptors (Lipinski definition) is 5. The Labute approximate surface area is 188 Å². The predicted octanol–water partition coefficient (Wildman–Crippen LogP) is 3.26. The molecule has 2 aromatic carbocycles. The number of nitrogens with zero attached hydrogens (tertiary/aromatic N) is 3. The van der Waals surface area contributed by atoms with Crippen molar-refractivity contribution in [1.82, 2.24) is 5.32 Å². The number of ether oxygens (including phenoxy) is 2. The zero-order valence-corrected chi connectivity index (χ0v) is 17.9. The third kappa shape index (κ3) is 4.28. The first-order chi connectivity index (χ1) is 15.4. The quantitative estimate of drug-likeness (QED) is 0.688. The maximum absolute atomic E-state index is 14.9. The van der Waals surface area contributed by atoms with Crippen molar-refractivity contribution in [3.05, 3.63) is 54.1 Å². The van der Waals surface area contributed by atoms with Gasteiger partial charge < -0.3 is 14.8 Å². The first-order valence-electron chi connectivity index (χ1n) is 9.81. The SMILES string of the molecule is COC(=S)NC[C@H]1CN(c2ccc(N3CCN(c4ccc(F)cc4)C3=O)c(F)c2)C(=O)O1. The second kappa shape index (κ2) is 8.95. The van der Waals surface area contributed by atoms with E-state index in [-0.39, 0.29) is 30.5 Å². The molecule has 8 nitrogen and oxygen atoms in total. The summed E-state index contributed by atoms with van der Waals surface area (Å²) in [4.78, 5) is 29.1. The van der Waals surface area contributed by atoms with Crippen LogP contribution in [0.5, 0.6) is 0 Å². The number of methoxy groups -OCH3 is 1. The van der Waals surface area contributed by atoms with Gasteiger partial charge in [-0.25, -0.2) is 18.4 Å². The number of benzene rings is 2. The highest BCUT2D eigenvalue weighted by atomic mass is 32.1. The molecule has 2 aliphatic rings. The highest BCUT2D eigenvalue weighted by Gasteiger charge is 2.35. The minimum Gasteiger partial charge on any atom is -0.474 e. The van der Waals surface area contributed by atoms with Gasteiger partial charge in [0.15, 0.2) is 0 Å². The molecule has 32 heavy (non-hydrogen) atoms. The van der Waals surface area contributed by atoms with Crippen molar-refractivity contribution in [2.45, 2.75) is 6.10 Å². The van der Waals surface area contributed by atoms with Gasteiger partial charge in [0.25, 0.3) is 5.17 Å². The molecule has 4 rings (SSSR count). The van der Waals surface area contributed by atoms with E-state index in [2.05, 4.69) is 5.32 Å². The van der Waals surface area contributed by atoms with Crippen LogP contribution in [0.2, 0.25) is 0 Å². The van der Waals surface area contributed by atoms with Gasteiger partial charge >= 0.3 is 12.1 Å². The van der Waals surface area contributed by atoms with Crippen molar-refractivity contribution in [1.29, 1.82) is 0 Å². The normalized spacial score (nSPS) is 18.2. The molecule has 2 aromatic rings. The molecule has 11 heteroatoms. The van der Waals surface area contributed by atoms with Crippen molar-refractivity contribution < 1.29 is 27.8 Å². The molecule has 1 atom stereocenters. The Hall–Kier alpha value is -3.47. The van der Waals surface area contributed by atoms with Gasteiger partial charge in [-0.15, -0.1) is 0 Å².